The third-order valence-corrected chi connectivity index (χ3v) is 5.53. The summed E-state index contributed by atoms with van der Waals surface area (Å²) >= 11 is 1.62. The topological polar surface area (TPSA) is 52.6 Å². The highest BCUT2D eigenvalue weighted by molar-refractivity contribution is 14.0. The number of aliphatic imine (C=N–C) groups is 1. The number of hydrogen-bond acceptors (Lipinski definition) is 4. The monoisotopic (exact) mass is 489 g/mol. The Bertz CT molecular complexity index is 758. The van der Waals surface area contributed by atoms with Gasteiger partial charge in [-0.1, -0.05) is 18.2 Å². The zero-order valence-electron chi connectivity index (χ0n) is 15.3. The van der Waals surface area contributed by atoms with E-state index in [1.165, 1.54) is 6.07 Å². The van der Waals surface area contributed by atoms with E-state index in [0.717, 1.165) is 29.2 Å². The molecule has 1 aromatic heterocycles. The Balaban J connectivity index is 0.00000243. The molecule has 2 N–H and O–H groups in total. The van der Waals surface area contributed by atoms with Crippen molar-refractivity contribution >= 4 is 46.4 Å². The van der Waals surface area contributed by atoms with Crippen LogP contribution >= 0.6 is 35.3 Å². The highest BCUT2D eigenvalue weighted by Crippen LogP contribution is 2.48. The van der Waals surface area contributed by atoms with Gasteiger partial charge in [-0.05, 0) is 24.5 Å². The molecule has 1 fully saturated rings. The molecule has 1 saturated carbocycles. The first-order chi connectivity index (χ1) is 12.0. The number of aromatic nitrogens is 1. The van der Waals surface area contributed by atoms with Gasteiger partial charge < -0.3 is 15.5 Å². The van der Waals surface area contributed by atoms with Crippen molar-refractivity contribution in [2.75, 3.05) is 32.6 Å². The number of rotatable bonds is 6. The van der Waals surface area contributed by atoms with E-state index in [0.29, 0.717) is 19.0 Å². The van der Waals surface area contributed by atoms with Gasteiger partial charge in [0.05, 0.1) is 12.2 Å². The first-order valence-electron chi connectivity index (χ1n) is 8.35. The molecule has 0 radical (unpaired) electrons. The van der Waals surface area contributed by atoms with Crippen molar-refractivity contribution < 1.29 is 4.39 Å². The molecule has 0 aliphatic heterocycles. The van der Waals surface area contributed by atoms with E-state index in [1.807, 2.05) is 36.5 Å². The normalized spacial score (nSPS) is 15.2. The molecule has 1 aromatic carbocycles. The number of guanidine groups is 1. The number of benzene rings is 1. The van der Waals surface area contributed by atoms with E-state index >= 15 is 0 Å². The Hall–Kier alpha value is -1.42. The first-order valence-corrected chi connectivity index (χ1v) is 9.23. The fourth-order valence-corrected chi connectivity index (χ4v) is 3.57. The molecule has 3 rings (SSSR count). The summed E-state index contributed by atoms with van der Waals surface area (Å²) in [5.74, 6) is 0.588. The third-order valence-electron chi connectivity index (χ3n) is 4.48. The van der Waals surface area contributed by atoms with Gasteiger partial charge in [-0.25, -0.2) is 9.37 Å². The Labute approximate surface area is 175 Å². The predicted molar refractivity (Wildman–Crippen MR) is 117 cm³/mol. The second-order valence-corrected chi connectivity index (χ2v) is 7.39. The Morgan fingerprint density at radius 1 is 1.31 bits per heavy atom. The minimum absolute atomic E-state index is 0. The number of hydrogen-bond donors (Lipinski definition) is 2. The van der Waals surface area contributed by atoms with E-state index in [2.05, 4.69) is 20.6 Å². The van der Waals surface area contributed by atoms with Crippen molar-refractivity contribution in [3.8, 4) is 0 Å². The lowest BCUT2D eigenvalue weighted by Gasteiger charge is -2.19. The van der Waals surface area contributed by atoms with Crippen LogP contribution in [-0.2, 0) is 12.0 Å². The average Bonchev–Trinajstić information content (AvgIpc) is 3.23. The van der Waals surface area contributed by atoms with E-state index in [9.17, 15) is 4.39 Å². The first kappa shape index (κ1) is 20.9. The lowest BCUT2D eigenvalue weighted by molar-refractivity contribution is 0.559. The molecule has 26 heavy (non-hydrogen) atoms. The molecule has 1 aliphatic carbocycles. The third kappa shape index (κ3) is 4.85. The highest BCUT2D eigenvalue weighted by Gasteiger charge is 2.45. The number of thiazole rings is 1. The van der Waals surface area contributed by atoms with Crippen molar-refractivity contribution in [1.82, 2.24) is 15.6 Å². The van der Waals surface area contributed by atoms with Crippen LogP contribution < -0.4 is 15.5 Å². The van der Waals surface area contributed by atoms with Gasteiger partial charge in [0.1, 0.15) is 5.82 Å². The van der Waals surface area contributed by atoms with Crippen molar-refractivity contribution in [2.45, 2.75) is 24.8 Å². The van der Waals surface area contributed by atoms with E-state index in [1.54, 1.807) is 24.5 Å². The summed E-state index contributed by atoms with van der Waals surface area (Å²) in [4.78, 5) is 10.8. The summed E-state index contributed by atoms with van der Waals surface area (Å²) in [6.07, 6.45) is 1.99. The van der Waals surface area contributed by atoms with Crippen LogP contribution in [0.25, 0.3) is 0 Å². The summed E-state index contributed by atoms with van der Waals surface area (Å²) < 4.78 is 14.1. The summed E-state index contributed by atoms with van der Waals surface area (Å²) in [6.45, 7) is 1.28. The van der Waals surface area contributed by atoms with Crippen LogP contribution in [0.5, 0.6) is 0 Å². The molecule has 0 atom stereocenters. The minimum atomic E-state index is -0.122. The number of nitrogens with zero attached hydrogens (tertiary/aromatic N) is 3. The molecule has 8 heteroatoms. The standard InChI is InChI=1S/C18H24FN5S.HI/c1-20-16(21-10-13-11-25-17(23-13)24(2)3)22-12-18(8-9-18)14-6-4-5-7-15(14)19;/h4-7,11H,8-10,12H2,1-3H3,(H2,20,21,22);1H. The van der Waals surface area contributed by atoms with E-state index in [4.69, 9.17) is 0 Å². The molecule has 1 heterocycles. The van der Waals surface area contributed by atoms with Gasteiger partial charge in [0, 0.05) is 38.5 Å². The maximum absolute atomic E-state index is 14.1. The molecule has 0 unspecified atom stereocenters. The van der Waals surface area contributed by atoms with Crippen molar-refractivity contribution in [3.05, 3.63) is 46.7 Å². The smallest absolute Gasteiger partial charge is 0.191 e. The molecule has 0 amide bonds. The van der Waals surface area contributed by atoms with Crippen LogP contribution in [0.3, 0.4) is 0 Å². The average molecular weight is 489 g/mol. The fourth-order valence-electron chi connectivity index (χ4n) is 2.81. The van der Waals surface area contributed by atoms with Crippen molar-refractivity contribution in [3.63, 3.8) is 0 Å². The molecule has 0 saturated heterocycles. The fraction of sp³-hybridized carbons (Fsp3) is 0.444. The summed E-state index contributed by atoms with van der Waals surface area (Å²) in [5, 5.41) is 9.63. The Morgan fingerprint density at radius 3 is 2.62 bits per heavy atom. The summed E-state index contributed by atoms with van der Waals surface area (Å²) in [5.41, 5.74) is 1.67. The zero-order valence-corrected chi connectivity index (χ0v) is 18.4. The lowest BCUT2D eigenvalue weighted by Crippen LogP contribution is -2.41. The van der Waals surface area contributed by atoms with Gasteiger partial charge in [-0.2, -0.15) is 0 Å². The van der Waals surface area contributed by atoms with Crippen LogP contribution in [-0.4, -0.2) is 38.6 Å². The molecule has 1 aliphatic rings. The molecule has 2 aromatic rings. The minimum Gasteiger partial charge on any atom is -0.356 e. The van der Waals surface area contributed by atoms with Gasteiger partial charge in [-0.3, -0.25) is 4.99 Å². The van der Waals surface area contributed by atoms with E-state index < -0.39 is 0 Å². The zero-order chi connectivity index (χ0) is 17.9. The second-order valence-electron chi connectivity index (χ2n) is 6.56. The van der Waals surface area contributed by atoms with Crippen molar-refractivity contribution in [2.24, 2.45) is 4.99 Å². The number of anilines is 1. The second kappa shape index (κ2) is 8.98. The lowest BCUT2D eigenvalue weighted by atomic mass is 9.95. The van der Waals surface area contributed by atoms with Gasteiger partial charge in [0.2, 0.25) is 0 Å². The molecule has 0 spiro atoms. The van der Waals surface area contributed by atoms with Gasteiger partial charge in [0.25, 0.3) is 0 Å². The van der Waals surface area contributed by atoms with Crippen molar-refractivity contribution in [1.29, 1.82) is 0 Å². The summed E-state index contributed by atoms with van der Waals surface area (Å²) in [7, 11) is 5.70. The molecule has 5 nitrogen and oxygen atoms in total. The largest absolute Gasteiger partial charge is 0.356 e. The quantitative estimate of drug-likeness (QED) is 0.371. The molecular weight excluding hydrogens is 464 g/mol. The van der Waals surface area contributed by atoms with E-state index in [-0.39, 0.29) is 35.2 Å². The summed E-state index contributed by atoms with van der Waals surface area (Å²) in [6, 6.07) is 7.06. The van der Waals surface area contributed by atoms with Crippen LogP contribution in [0.4, 0.5) is 9.52 Å². The van der Waals surface area contributed by atoms with Gasteiger partial charge >= 0.3 is 0 Å². The maximum atomic E-state index is 14.1. The van der Waals surface area contributed by atoms with Gasteiger partial charge in [-0.15, -0.1) is 35.3 Å². The van der Waals surface area contributed by atoms with Crippen LogP contribution in [0.1, 0.15) is 24.1 Å². The predicted octanol–water partition coefficient (Wildman–Crippen LogP) is 3.36. The molecule has 142 valence electrons. The van der Waals surface area contributed by atoms with Crippen LogP contribution in [0, 0.1) is 5.82 Å². The number of halogens is 2. The van der Waals surface area contributed by atoms with Gasteiger partial charge in [0.15, 0.2) is 11.1 Å². The number of nitrogens with one attached hydrogen (secondary N) is 2. The van der Waals surface area contributed by atoms with Crippen LogP contribution in [0.15, 0.2) is 34.6 Å². The molecule has 0 bridgehead atoms. The SMILES string of the molecule is CN=C(NCc1csc(N(C)C)n1)NCC1(c2ccccc2F)CC1.I. The highest BCUT2D eigenvalue weighted by atomic mass is 127. The van der Waals surface area contributed by atoms with Crippen LogP contribution in [0.2, 0.25) is 0 Å². The maximum Gasteiger partial charge on any atom is 0.191 e. The Morgan fingerprint density at radius 2 is 2.04 bits per heavy atom. The Kier molecular flexibility index (Phi) is 7.22. The molecular formula is C18H25FIN5S.